The predicted molar refractivity (Wildman–Crippen MR) is 183 cm³/mol. The van der Waals surface area contributed by atoms with Gasteiger partial charge in [-0.05, 0) is 106 Å². The lowest BCUT2D eigenvalue weighted by Gasteiger charge is -2.60. The number of aliphatic hydroxyl groups excluding tert-OH is 1. The van der Waals surface area contributed by atoms with Crippen LogP contribution in [-0.4, -0.2) is 70.7 Å². The average Bonchev–Trinajstić information content (AvgIpc) is 3.33. The van der Waals surface area contributed by atoms with Gasteiger partial charge in [-0.15, -0.1) is 0 Å². The van der Waals surface area contributed by atoms with E-state index in [1.54, 1.807) is 6.08 Å². The molecule has 3 N–H and O–H groups in total. The molecule has 9 nitrogen and oxygen atoms in total. The first-order valence-corrected chi connectivity index (χ1v) is 18.4. The van der Waals surface area contributed by atoms with Crippen molar-refractivity contribution in [1.82, 2.24) is 5.32 Å². The second kappa shape index (κ2) is 13.3. The van der Waals surface area contributed by atoms with Crippen LogP contribution in [0.1, 0.15) is 110 Å². The van der Waals surface area contributed by atoms with Gasteiger partial charge in [0.05, 0.1) is 18.1 Å². The molecule has 5 aliphatic rings. The van der Waals surface area contributed by atoms with E-state index < -0.39 is 35.5 Å². The van der Waals surface area contributed by atoms with Crippen LogP contribution in [-0.2, 0) is 34.1 Å². The Kier molecular flexibility index (Phi) is 9.79. The van der Waals surface area contributed by atoms with Gasteiger partial charge in [0.2, 0.25) is 11.7 Å². The summed E-state index contributed by atoms with van der Waals surface area (Å²) in [7, 11) is 0. The lowest BCUT2D eigenvalue weighted by Crippen LogP contribution is -2.62. The van der Waals surface area contributed by atoms with E-state index in [2.05, 4.69) is 38.2 Å². The summed E-state index contributed by atoms with van der Waals surface area (Å²) < 4.78 is 11.3. The fraction of sp³-hybridized carbons (Fsp3) is 0.700. The summed E-state index contributed by atoms with van der Waals surface area (Å²) in [6.07, 6.45) is 7.32. The molecule has 4 fully saturated rings. The number of nitrogens with one attached hydrogen (secondary N) is 1. The maximum absolute atomic E-state index is 13.6. The van der Waals surface area contributed by atoms with Crippen LogP contribution >= 0.6 is 0 Å². The third-order valence-electron chi connectivity index (χ3n) is 13.6. The number of fused-ring (bicyclic) bond motifs is 5. The van der Waals surface area contributed by atoms with Crippen molar-refractivity contribution in [2.45, 2.75) is 127 Å². The number of aliphatic hydroxyl groups is 2. The lowest BCUT2D eigenvalue weighted by molar-refractivity contribution is -0.184. The Hall–Kier alpha value is -2.88. The minimum Gasteiger partial charge on any atom is -0.458 e. The highest BCUT2D eigenvalue weighted by molar-refractivity contribution is 5.92. The molecule has 8 atom stereocenters. The van der Waals surface area contributed by atoms with Crippen LogP contribution in [0.25, 0.3) is 0 Å². The first-order chi connectivity index (χ1) is 23.1. The van der Waals surface area contributed by atoms with E-state index in [0.29, 0.717) is 26.0 Å². The van der Waals surface area contributed by atoms with Crippen molar-refractivity contribution in [2.75, 3.05) is 19.8 Å². The summed E-state index contributed by atoms with van der Waals surface area (Å²) in [6, 6.07) is 10.4. The Labute approximate surface area is 290 Å². The highest BCUT2D eigenvalue weighted by Gasteiger charge is 2.68. The predicted octanol–water partition coefficient (Wildman–Crippen LogP) is 5.15. The lowest BCUT2D eigenvalue weighted by atomic mass is 9.45. The molecule has 4 aliphatic carbocycles. The van der Waals surface area contributed by atoms with Crippen LogP contribution in [0, 0.1) is 28.6 Å². The van der Waals surface area contributed by atoms with Crippen molar-refractivity contribution in [1.29, 1.82) is 0 Å². The quantitative estimate of drug-likeness (QED) is 0.289. The van der Waals surface area contributed by atoms with Crippen molar-refractivity contribution in [2.24, 2.45) is 28.6 Å². The number of ketones is 2. The number of amides is 1. The summed E-state index contributed by atoms with van der Waals surface area (Å²) in [6.45, 7) is 8.84. The molecule has 1 aromatic rings. The fourth-order valence-electron chi connectivity index (χ4n) is 11.1. The Morgan fingerprint density at radius 1 is 1.00 bits per heavy atom. The second-order valence-corrected chi connectivity index (χ2v) is 16.8. The molecule has 6 rings (SSSR count). The van der Waals surface area contributed by atoms with E-state index in [1.165, 1.54) is 5.56 Å². The van der Waals surface area contributed by atoms with E-state index in [9.17, 15) is 29.4 Å². The number of hydrogen-bond acceptors (Lipinski definition) is 8. The molecule has 0 spiro atoms. The van der Waals surface area contributed by atoms with Gasteiger partial charge in [0, 0.05) is 36.8 Å². The van der Waals surface area contributed by atoms with Crippen LogP contribution in [0.4, 0.5) is 0 Å². The molecule has 3 saturated carbocycles. The van der Waals surface area contributed by atoms with Gasteiger partial charge in [-0.2, -0.15) is 0 Å². The summed E-state index contributed by atoms with van der Waals surface area (Å²) in [5.41, 5.74) is -0.833. The van der Waals surface area contributed by atoms with Gasteiger partial charge < -0.3 is 25.0 Å². The number of esters is 1. The highest BCUT2D eigenvalue weighted by atomic mass is 16.5. The largest absolute Gasteiger partial charge is 0.458 e. The summed E-state index contributed by atoms with van der Waals surface area (Å²) in [5.74, 6) is -1.15. The Balaban J connectivity index is 0.999. The summed E-state index contributed by atoms with van der Waals surface area (Å²) >= 11 is 0. The molecule has 1 aliphatic heterocycles. The van der Waals surface area contributed by atoms with Crippen LogP contribution in [0.5, 0.6) is 0 Å². The third-order valence-corrected chi connectivity index (χ3v) is 13.6. The fourth-order valence-corrected chi connectivity index (χ4v) is 11.1. The van der Waals surface area contributed by atoms with Crippen LogP contribution < -0.4 is 5.32 Å². The molecule has 1 heterocycles. The van der Waals surface area contributed by atoms with E-state index >= 15 is 0 Å². The molecule has 0 aromatic heterocycles. The standard InChI is InChI=1S/C40H55NO8/c1-36(2)25-39(19-21-49-36,26-8-6-5-7-9-26)18-20-41-33(45)12-13-34(46)48-24-32(44)40(47)17-15-30-29-11-10-27-22-28(42)14-16-37(27,3)35(29)31(43)23-38(30,40)4/h5-9,22,29-31,35,43,47H,10-21,23-25H2,1-4H3,(H,41,45)/t29-,30+,31-,35-,37-,38-,39+,40-/m0/s1. The van der Waals surface area contributed by atoms with E-state index in [0.717, 1.165) is 44.1 Å². The number of ether oxygens (including phenoxy) is 2. The summed E-state index contributed by atoms with van der Waals surface area (Å²) in [5, 5.41) is 26.5. The van der Waals surface area contributed by atoms with Crippen LogP contribution in [0.2, 0.25) is 0 Å². The van der Waals surface area contributed by atoms with Gasteiger partial charge in [0.25, 0.3) is 0 Å². The number of rotatable bonds is 10. The molecule has 0 radical (unpaired) electrons. The molecule has 1 aromatic carbocycles. The average molecular weight is 678 g/mol. The molecule has 1 saturated heterocycles. The zero-order valence-electron chi connectivity index (χ0n) is 29.7. The molecule has 0 bridgehead atoms. The highest BCUT2D eigenvalue weighted by Crippen LogP contribution is 2.67. The van der Waals surface area contributed by atoms with E-state index in [4.69, 9.17) is 9.47 Å². The Morgan fingerprint density at radius 2 is 1.76 bits per heavy atom. The minimum atomic E-state index is -1.71. The molecule has 268 valence electrons. The molecule has 1 amide bonds. The van der Waals surface area contributed by atoms with Gasteiger partial charge in [0.1, 0.15) is 5.60 Å². The van der Waals surface area contributed by atoms with Crippen molar-refractivity contribution in [3.63, 3.8) is 0 Å². The minimum absolute atomic E-state index is 0.0208. The SMILES string of the molecule is CC1(C)C[C@](CCNC(=O)CCC(=O)OCC(=O)[C@@]2(O)CC[C@@H]3[C@@H]4CCC5=CC(=O)CC[C@]5(C)[C@@H]4[C@@H](O)C[C@@]32C)(c2ccccc2)CCO1. The van der Waals surface area contributed by atoms with Crippen molar-refractivity contribution < 1.29 is 38.9 Å². The zero-order chi connectivity index (χ0) is 35.2. The molecule has 49 heavy (non-hydrogen) atoms. The van der Waals surface area contributed by atoms with Gasteiger partial charge in [-0.1, -0.05) is 49.8 Å². The summed E-state index contributed by atoms with van der Waals surface area (Å²) in [4.78, 5) is 51.2. The third kappa shape index (κ3) is 6.56. The first-order valence-electron chi connectivity index (χ1n) is 18.4. The zero-order valence-corrected chi connectivity index (χ0v) is 29.7. The van der Waals surface area contributed by atoms with Crippen LogP contribution in [0.3, 0.4) is 0 Å². The smallest absolute Gasteiger partial charge is 0.306 e. The van der Waals surface area contributed by atoms with E-state index in [-0.39, 0.29) is 71.6 Å². The van der Waals surface area contributed by atoms with Crippen molar-refractivity contribution in [3.8, 4) is 0 Å². The van der Waals surface area contributed by atoms with Crippen molar-refractivity contribution in [3.05, 3.63) is 47.5 Å². The van der Waals surface area contributed by atoms with E-state index in [1.807, 2.05) is 25.1 Å². The number of carbonyl (C=O) groups excluding carboxylic acids is 4. The molecule has 0 unspecified atom stereocenters. The first kappa shape index (κ1) is 35.9. The van der Waals surface area contributed by atoms with Gasteiger partial charge >= 0.3 is 5.97 Å². The molecule has 9 heteroatoms. The monoisotopic (exact) mass is 677 g/mol. The van der Waals surface area contributed by atoms with Crippen LogP contribution in [0.15, 0.2) is 42.0 Å². The number of carbonyl (C=O) groups is 4. The van der Waals surface area contributed by atoms with Crippen molar-refractivity contribution >= 4 is 23.4 Å². The second-order valence-electron chi connectivity index (χ2n) is 16.8. The topological polar surface area (TPSA) is 139 Å². The van der Waals surface area contributed by atoms with Gasteiger partial charge in [-0.25, -0.2) is 0 Å². The normalized spacial score (nSPS) is 38.0. The molecular weight excluding hydrogens is 622 g/mol. The van der Waals surface area contributed by atoms with Gasteiger partial charge in [0.15, 0.2) is 12.4 Å². The van der Waals surface area contributed by atoms with Gasteiger partial charge in [-0.3, -0.25) is 19.2 Å². The number of hydrogen-bond donors (Lipinski definition) is 3. The number of benzene rings is 1. The Bertz CT molecular complexity index is 1490. The maximum Gasteiger partial charge on any atom is 0.306 e. The number of allylic oxidation sites excluding steroid dienone is 1. The Morgan fingerprint density at radius 3 is 2.49 bits per heavy atom. The number of Topliss-reactive ketones (excluding diaryl/α,β-unsaturated/α-hetero) is 1. The molecular formula is C40H55NO8. The maximum atomic E-state index is 13.6.